The zero-order chi connectivity index (χ0) is 22.5. The molecular formula is C20H18Cl2N6O3S. The van der Waals surface area contributed by atoms with E-state index >= 15 is 0 Å². The van der Waals surface area contributed by atoms with Gasteiger partial charge in [-0.1, -0.05) is 11.6 Å². The van der Waals surface area contributed by atoms with Crippen LogP contribution in [-0.4, -0.2) is 57.8 Å². The molecule has 3 aromatic rings. The summed E-state index contributed by atoms with van der Waals surface area (Å²) >= 11 is 12.5. The van der Waals surface area contributed by atoms with Crippen LogP contribution in [0.5, 0.6) is 0 Å². The van der Waals surface area contributed by atoms with Gasteiger partial charge in [0.15, 0.2) is 9.84 Å². The van der Waals surface area contributed by atoms with Crippen molar-refractivity contribution in [2.45, 2.75) is 29.7 Å². The summed E-state index contributed by atoms with van der Waals surface area (Å²) in [5, 5.41) is 3.73. The van der Waals surface area contributed by atoms with Crippen molar-refractivity contribution in [2.75, 3.05) is 18.0 Å². The number of halogens is 2. The Morgan fingerprint density at radius 2 is 2.00 bits per heavy atom. The molecule has 1 amide bonds. The van der Waals surface area contributed by atoms with Gasteiger partial charge in [-0.3, -0.25) is 4.79 Å². The Labute approximate surface area is 194 Å². The predicted octanol–water partition coefficient (Wildman–Crippen LogP) is 2.49. The number of amides is 1. The maximum atomic E-state index is 13.4. The van der Waals surface area contributed by atoms with Crippen LogP contribution in [0.15, 0.2) is 41.6 Å². The van der Waals surface area contributed by atoms with E-state index in [2.05, 4.69) is 15.1 Å². The van der Waals surface area contributed by atoms with Crippen LogP contribution in [0.4, 0.5) is 5.82 Å². The lowest BCUT2D eigenvalue weighted by Gasteiger charge is -2.20. The lowest BCUT2D eigenvalue weighted by molar-refractivity contribution is -0.118. The smallest absolute Gasteiger partial charge is 0.224 e. The number of benzene rings is 1. The van der Waals surface area contributed by atoms with E-state index in [4.69, 9.17) is 23.2 Å². The van der Waals surface area contributed by atoms with Crippen molar-refractivity contribution in [1.82, 2.24) is 24.6 Å². The van der Waals surface area contributed by atoms with Gasteiger partial charge in [-0.25, -0.2) is 23.1 Å². The van der Waals surface area contributed by atoms with Crippen LogP contribution in [0.1, 0.15) is 17.7 Å². The Morgan fingerprint density at radius 3 is 2.72 bits per heavy atom. The number of hydrogen-bond acceptors (Lipinski definition) is 7. The Hall–Kier alpha value is -2.69. The van der Waals surface area contributed by atoms with Crippen molar-refractivity contribution >= 4 is 45.3 Å². The molecule has 0 aliphatic carbocycles. The second-order valence-corrected chi connectivity index (χ2v) is 10.7. The summed E-state index contributed by atoms with van der Waals surface area (Å²) in [6, 6.07) is 6.58. The summed E-state index contributed by atoms with van der Waals surface area (Å²) in [6.45, 7) is 1.48. The molecule has 2 aromatic heterocycles. The van der Waals surface area contributed by atoms with Crippen molar-refractivity contribution in [1.29, 1.82) is 0 Å². The molecular weight excluding hydrogens is 475 g/mol. The van der Waals surface area contributed by atoms with Crippen LogP contribution in [-0.2, 0) is 27.7 Å². The first-order chi connectivity index (χ1) is 15.4. The van der Waals surface area contributed by atoms with Gasteiger partial charge in [-0.15, -0.1) is 0 Å². The van der Waals surface area contributed by atoms with Gasteiger partial charge < -0.3 is 9.80 Å². The highest BCUT2D eigenvalue weighted by Gasteiger charge is 2.38. The minimum absolute atomic E-state index is 0.0788. The molecule has 0 saturated carbocycles. The summed E-state index contributed by atoms with van der Waals surface area (Å²) in [5.41, 5.74) is 2.18. The molecule has 0 unspecified atom stereocenters. The fourth-order valence-electron chi connectivity index (χ4n) is 4.21. The Morgan fingerprint density at radius 1 is 1.16 bits per heavy atom. The van der Waals surface area contributed by atoms with E-state index in [9.17, 15) is 13.2 Å². The third-order valence-electron chi connectivity index (χ3n) is 5.78. The maximum absolute atomic E-state index is 13.4. The van der Waals surface area contributed by atoms with Gasteiger partial charge in [0, 0.05) is 31.0 Å². The highest BCUT2D eigenvalue weighted by molar-refractivity contribution is 7.92. The van der Waals surface area contributed by atoms with E-state index in [0.717, 1.165) is 12.0 Å². The molecule has 1 saturated heterocycles. The molecule has 9 nitrogen and oxygen atoms in total. The van der Waals surface area contributed by atoms with Gasteiger partial charge in [0.2, 0.25) is 11.7 Å². The van der Waals surface area contributed by atoms with Crippen LogP contribution in [0, 0.1) is 0 Å². The molecule has 1 atom stereocenters. The van der Waals surface area contributed by atoms with E-state index in [1.54, 1.807) is 40.2 Å². The average molecular weight is 493 g/mol. The molecule has 5 rings (SSSR count). The monoisotopic (exact) mass is 492 g/mol. The predicted molar refractivity (Wildman–Crippen MR) is 119 cm³/mol. The van der Waals surface area contributed by atoms with E-state index < -0.39 is 15.1 Å². The fraction of sp³-hybridized carbons (Fsp3) is 0.300. The van der Waals surface area contributed by atoms with Crippen LogP contribution in [0.2, 0.25) is 10.3 Å². The lowest BCUT2D eigenvalue weighted by atomic mass is 10.2. The van der Waals surface area contributed by atoms with Gasteiger partial charge in [0.25, 0.3) is 0 Å². The van der Waals surface area contributed by atoms with E-state index in [-0.39, 0.29) is 21.7 Å². The molecule has 1 fully saturated rings. The van der Waals surface area contributed by atoms with Crippen molar-refractivity contribution in [2.24, 2.45) is 0 Å². The standard InChI is InChI=1S/C20H18Cl2N6O3S/c21-16-8-13(28-6-1-5-23-28)2-3-18(16)32(30,31)14-4-7-27(9-14)19-15-10-26(12-29)11-17(15)24-20(22)25-19/h1-3,5-6,8,12,14H,4,7,9-11H2/t14-/m0/s1. The van der Waals surface area contributed by atoms with E-state index in [0.29, 0.717) is 43.3 Å². The third kappa shape index (κ3) is 3.62. The molecule has 0 spiro atoms. The number of fused-ring (bicyclic) bond motifs is 1. The molecule has 1 aromatic carbocycles. The number of anilines is 1. The highest BCUT2D eigenvalue weighted by atomic mass is 35.5. The van der Waals surface area contributed by atoms with Crippen LogP contribution in [0.3, 0.4) is 0 Å². The Kier molecular flexibility index (Phi) is 5.31. The number of nitrogens with zero attached hydrogens (tertiary/aromatic N) is 6. The minimum atomic E-state index is -3.68. The van der Waals surface area contributed by atoms with Crippen LogP contribution >= 0.6 is 23.2 Å². The number of hydrogen-bond donors (Lipinski definition) is 0. The number of aromatic nitrogens is 4. The highest BCUT2D eigenvalue weighted by Crippen LogP contribution is 2.35. The molecule has 166 valence electrons. The zero-order valence-corrected chi connectivity index (χ0v) is 19.1. The zero-order valence-electron chi connectivity index (χ0n) is 16.7. The average Bonchev–Trinajstić information content (AvgIpc) is 3.53. The van der Waals surface area contributed by atoms with E-state index in [1.807, 2.05) is 4.90 Å². The summed E-state index contributed by atoms with van der Waals surface area (Å²) in [6.07, 6.45) is 4.57. The van der Waals surface area contributed by atoms with Gasteiger partial charge in [0.1, 0.15) is 5.82 Å². The van der Waals surface area contributed by atoms with Gasteiger partial charge in [-0.05, 0) is 42.3 Å². The molecule has 0 radical (unpaired) electrons. The summed E-state index contributed by atoms with van der Waals surface area (Å²) in [5.74, 6) is 0.585. The Balaban J connectivity index is 1.41. The maximum Gasteiger partial charge on any atom is 0.224 e. The summed E-state index contributed by atoms with van der Waals surface area (Å²) in [7, 11) is -3.68. The minimum Gasteiger partial charge on any atom is -0.355 e. The first-order valence-electron chi connectivity index (χ1n) is 9.90. The van der Waals surface area contributed by atoms with Crippen LogP contribution < -0.4 is 4.90 Å². The molecule has 32 heavy (non-hydrogen) atoms. The second kappa shape index (κ2) is 8.02. The van der Waals surface area contributed by atoms with Gasteiger partial charge >= 0.3 is 0 Å². The van der Waals surface area contributed by atoms with Crippen molar-refractivity contribution in [3.8, 4) is 5.69 Å². The first kappa shape index (κ1) is 21.2. The normalized spacial score (nSPS) is 18.2. The molecule has 12 heteroatoms. The van der Waals surface area contributed by atoms with Crippen molar-refractivity contribution in [3.63, 3.8) is 0 Å². The summed E-state index contributed by atoms with van der Waals surface area (Å²) in [4.78, 5) is 23.3. The van der Waals surface area contributed by atoms with Gasteiger partial charge in [-0.2, -0.15) is 5.10 Å². The third-order valence-corrected chi connectivity index (χ3v) is 8.61. The topological polar surface area (TPSA) is 101 Å². The summed E-state index contributed by atoms with van der Waals surface area (Å²) < 4.78 is 28.4. The van der Waals surface area contributed by atoms with Gasteiger partial charge in [0.05, 0.1) is 39.6 Å². The molecule has 2 aliphatic heterocycles. The molecule has 4 heterocycles. The quantitative estimate of drug-likeness (QED) is 0.398. The van der Waals surface area contributed by atoms with E-state index in [1.165, 1.54) is 6.07 Å². The molecule has 0 bridgehead atoms. The Bertz CT molecular complexity index is 1300. The number of carbonyl (C=O) groups is 1. The SMILES string of the molecule is O=CN1Cc2nc(Cl)nc(N3CC[C@H](S(=O)(=O)c4ccc(-n5cccn5)cc4Cl)C3)c2C1. The molecule has 0 N–H and O–H groups in total. The van der Waals surface area contributed by atoms with Crippen molar-refractivity contribution < 1.29 is 13.2 Å². The lowest BCUT2D eigenvalue weighted by Crippen LogP contribution is -2.28. The first-order valence-corrected chi connectivity index (χ1v) is 12.2. The number of sulfone groups is 1. The van der Waals surface area contributed by atoms with Crippen LogP contribution in [0.25, 0.3) is 5.69 Å². The second-order valence-electron chi connectivity index (χ2n) is 7.72. The molecule has 2 aliphatic rings. The number of carbonyl (C=O) groups excluding carboxylic acids is 1. The largest absolute Gasteiger partial charge is 0.355 e. The van der Waals surface area contributed by atoms with Crippen molar-refractivity contribution in [3.05, 3.63) is 58.2 Å². The number of rotatable bonds is 5. The fourth-order valence-corrected chi connectivity index (χ4v) is 6.62.